The number of nitrogen functional groups attached to an aromatic ring is 2. The molecule has 9 heteroatoms. The van der Waals surface area contributed by atoms with Crippen molar-refractivity contribution in [2.45, 2.75) is 30.9 Å². The van der Waals surface area contributed by atoms with E-state index in [-0.39, 0.29) is 42.5 Å². The molecule has 1 unspecified atom stereocenters. The van der Waals surface area contributed by atoms with Crippen LogP contribution in [0.3, 0.4) is 0 Å². The predicted molar refractivity (Wildman–Crippen MR) is 106 cm³/mol. The molecule has 27 heavy (non-hydrogen) atoms. The molecule has 8 nitrogen and oxygen atoms in total. The summed E-state index contributed by atoms with van der Waals surface area (Å²) in [6.45, 7) is 0.976. The van der Waals surface area contributed by atoms with Gasteiger partial charge in [-0.05, 0) is 31.2 Å². The number of benzene rings is 1. The molecule has 148 valence electrons. The lowest BCUT2D eigenvalue weighted by Crippen LogP contribution is -2.38. The van der Waals surface area contributed by atoms with E-state index in [4.69, 9.17) is 16.2 Å². The lowest BCUT2D eigenvalue weighted by Gasteiger charge is -2.15. The number of rotatable bonds is 10. The highest BCUT2D eigenvalue weighted by atomic mass is 32.2. The van der Waals surface area contributed by atoms with Crippen LogP contribution in [0, 0.1) is 0 Å². The summed E-state index contributed by atoms with van der Waals surface area (Å²) >= 11 is 1.38. The van der Waals surface area contributed by atoms with E-state index in [1.165, 1.54) is 16.7 Å². The molecule has 1 atom stereocenters. The van der Waals surface area contributed by atoms with Gasteiger partial charge in [0.1, 0.15) is 5.75 Å². The summed E-state index contributed by atoms with van der Waals surface area (Å²) in [6, 6.07) is 5.11. The number of nitrogens with two attached hydrogens (primary N) is 2. The molecule has 3 amide bonds. The molecule has 0 aliphatic carbocycles. The van der Waals surface area contributed by atoms with Crippen LogP contribution in [0.2, 0.25) is 0 Å². The molecule has 1 saturated heterocycles. The first-order valence-corrected chi connectivity index (χ1v) is 10.1. The molecule has 5 N–H and O–H groups in total. The van der Waals surface area contributed by atoms with Crippen LogP contribution in [0.4, 0.5) is 11.4 Å². The number of carbonyl (C=O) groups is 3. The average Bonchev–Trinajstić information content (AvgIpc) is 2.91. The van der Waals surface area contributed by atoms with Gasteiger partial charge in [-0.1, -0.05) is 0 Å². The number of likely N-dealkylation sites (tertiary alicyclic amines) is 1. The number of ether oxygens (including phenoxy) is 1. The Morgan fingerprint density at radius 2 is 2.07 bits per heavy atom. The van der Waals surface area contributed by atoms with Crippen LogP contribution in [0.25, 0.3) is 0 Å². The zero-order valence-electron chi connectivity index (χ0n) is 15.4. The van der Waals surface area contributed by atoms with E-state index in [0.717, 1.165) is 6.42 Å². The topological polar surface area (TPSA) is 128 Å². The van der Waals surface area contributed by atoms with Crippen LogP contribution >= 0.6 is 11.8 Å². The van der Waals surface area contributed by atoms with Crippen molar-refractivity contribution in [3.05, 3.63) is 18.2 Å². The van der Waals surface area contributed by atoms with E-state index in [0.29, 0.717) is 36.6 Å². The second-order valence-electron chi connectivity index (χ2n) is 6.26. The summed E-state index contributed by atoms with van der Waals surface area (Å²) in [7, 11) is 0. The van der Waals surface area contributed by atoms with Crippen LogP contribution in [0.1, 0.15) is 25.7 Å². The Morgan fingerprint density at radius 3 is 2.74 bits per heavy atom. The van der Waals surface area contributed by atoms with Gasteiger partial charge in [-0.3, -0.25) is 19.3 Å². The van der Waals surface area contributed by atoms with Gasteiger partial charge in [0.15, 0.2) is 0 Å². The van der Waals surface area contributed by atoms with E-state index >= 15 is 0 Å². The Labute approximate surface area is 163 Å². The molecule has 0 aromatic heterocycles. The normalized spacial score (nSPS) is 16.6. The minimum absolute atomic E-state index is 0.104. The van der Waals surface area contributed by atoms with Gasteiger partial charge >= 0.3 is 0 Å². The van der Waals surface area contributed by atoms with Crippen molar-refractivity contribution < 1.29 is 19.1 Å². The van der Waals surface area contributed by atoms with Gasteiger partial charge < -0.3 is 21.5 Å². The Hall–Kier alpha value is -2.42. The van der Waals surface area contributed by atoms with E-state index in [1.807, 2.05) is 6.26 Å². The first-order chi connectivity index (χ1) is 12.9. The summed E-state index contributed by atoms with van der Waals surface area (Å²) in [4.78, 5) is 36.8. The van der Waals surface area contributed by atoms with Gasteiger partial charge in [0.2, 0.25) is 17.7 Å². The third-order valence-electron chi connectivity index (χ3n) is 4.27. The number of nitrogens with zero attached hydrogens (tertiary/aromatic N) is 1. The maximum absolute atomic E-state index is 12.0. The number of hydrogen-bond acceptors (Lipinski definition) is 7. The van der Waals surface area contributed by atoms with E-state index in [1.54, 1.807) is 18.2 Å². The molecule has 0 radical (unpaired) electrons. The number of carbonyl (C=O) groups excluding carboxylic acids is 3. The summed E-state index contributed by atoms with van der Waals surface area (Å²) in [5, 5.41) is 2.46. The first-order valence-electron chi connectivity index (χ1n) is 8.84. The molecule has 1 aromatic carbocycles. The maximum atomic E-state index is 12.0. The monoisotopic (exact) mass is 394 g/mol. The standard InChI is InChI=1S/C18H26N4O4S/c1-27-15-11-17(24)22(18(15)25)8-7-21-16(23)4-2-3-9-26-12-5-6-13(19)14(20)10-12/h5-6,10,15H,2-4,7-9,11,19-20H2,1H3,(H,21,23). The Morgan fingerprint density at radius 1 is 1.30 bits per heavy atom. The molecular weight excluding hydrogens is 368 g/mol. The minimum Gasteiger partial charge on any atom is -0.494 e. The lowest BCUT2D eigenvalue weighted by atomic mass is 10.2. The van der Waals surface area contributed by atoms with Gasteiger partial charge in [-0.15, -0.1) is 0 Å². The Balaban J connectivity index is 1.56. The van der Waals surface area contributed by atoms with Crippen molar-refractivity contribution in [2.24, 2.45) is 0 Å². The number of nitrogens with one attached hydrogen (secondary N) is 1. The van der Waals surface area contributed by atoms with Crippen molar-refractivity contribution in [3.63, 3.8) is 0 Å². The number of amides is 3. The molecule has 1 heterocycles. The van der Waals surface area contributed by atoms with Crippen molar-refractivity contribution in [1.82, 2.24) is 10.2 Å². The van der Waals surface area contributed by atoms with E-state index in [9.17, 15) is 14.4 Å². The van der Waals surface area contributed by atoms with Crippen LogP contribution in [-0.2, 0) is 14.4 Å². The fourth-order valence-electron chi connectivity index (χ4n) is 2.69. The molecule has 2 rings (SSSR count). The summed E-state index contributed by atoms with van der Waals surface area (Å²) < 4.78 is 5.57. The zero-order chi connectivity index (χ0) is 19.8. The average molecular weight is 394 g/mol. The highest BCUT2D eigenvalue weighted by molar-refractivity contribution is 8.00. The van der Waals surface area contributed by atoms with Gasteiger partial charge in [0.05, 0.1) is 23.2 Å². The molecule has 0 saturated carbocycles. The molecule has 1 aromatic rings. The van der Waals surface area contributed by atoms with Crippen LogP contribution in [0.15, 0.2) is 18.2 Å². The first kappa shape index (κ1) is 20.9. The van der Waals surface area contributed by atoms with Crippen molar-refractivity contribution in [3.8, 4) is 5.75 Å². The molecule has 0 bridgehead atoms. The minimum atomic E-state index is -0.287. The summed E-state index contributed by atoms with van der Waals surface area (Å²) in [5.74, 6) is 0.207. The quantitative estimate of drug-likeness (QED) is 0.307. The second kappa shape index (κ2) is 10.1. The Kier molecular flexibility index (Phi) is 7.78. The van der Waals surface area contributed by atoms with Crippen LogP contribution < -0.4 is 21.5 Å². The number of thioether (sulfide) groups is 1. The fraction of sp³-hybridized carbons (Fsp3) is 0.500. The summed E-state index contributed by atoms with van der Waals surface area (Å²) in [5.41, 5.74) is 12.3. The van der Waals surface area contributed by atoms with Crippen molar-refractivity contribution in [2.75, 3.05) is 37.4 Å². The lowest BCUT2D eigenvalue weighted by molar-refractivity contribution is -0.138. The summed E-state index contributed by atoms with van der Waals surface area (Å²) in [6.07, 6.45) is 3.81. The largest absolute Gasteiger partial charge is 0.494 e. The number of unbranched alkanes of at least 4 members (excludes halogenated alkanes) is 1. The van der Waals surface area contributed by atoms with Gasteiger partial charge in [0, 0.05) is 32.0 Å². The maximum Gasteiger partial charge on any atom is 0.242 e. The van der Waals surface area contributed by atoms with E-state index < -0.39 is 0 Å². The van der Waals surface area contributed by atoms with Crippen LogP contribution in [-0.4, -0.2) is 53.8 Å². The number of anilines is 2. The SMILES string of the molecule is CSC1CC(=O)N(CCNC(=O)CCCCOc2ccc(N)c(N)c2)C1=O. The van der Waals surface area contributed by atoms with Gasteiger partial charge in [0.25, 0.3) is 0 Å². The van der Waals surface area contributed by atoms with Crippen LogP contribution in [0.5, 0.6) is 5.75 Å². The number of imide groups is 1. The third kappa shape index (κ3) is 6.06. The molecular formula is C18H26N4O4S. The molecule has 0 spiro atoms. The third-order valence-corrected chi connectivity index (χ3v) is 5.21. The predicted octanol–water partition coefficient (Wildman–Crippen LogP) is 1.01. The van der Waals surface area contributed by atoms with E-state index in [2.05, 4.69) is 5.32 Å². The smallest absolute Gasteiger partial charge is 0.242 e. The Bertz CT molecular complexity index is 698. The highest BCUT2D eigenvalue weighted by Gasteiger charge is 2.37. The zero-order valence-corrected chi connectivity index (χ0v) is 16.2. The molecule has 1 aliphatic rings. The molecule has 1 aliphatic heterocycles. The fourth-order valence-corrected chi connectivity index (χ4v) is 3.33. The molecule has 1 fully saturated rings. The number of hydrogen-bond donors (Lipinski definition) is 3. The van der Waals surface area contributed by atoms with Crippen molar-refractivity contribution in [1.29, 1.82) is 0 Å². The second-order valence-corrected chi connectivity index (χ2v) is 7.30. The van der Waals surface area contributed by atoms with Gasteiger partial charge in [-0.25, -0.2) is 0 Å². The van der Waals surface area contributed by atoms with Crippen molar-refractivity contribution >= 4 is 40.9 Å². The van der Waals surface area contributed by atoms with Gasteiger partial charge in [-0.2, -0.15) is 11.8 Å². The highest BCUT2D eigenvalue weighted by Crippen LogP contribution is 2.23.